The van der Waals surface area contributed by atoms with Crippen molar-refractivity contribution in [1.82, 2.24) is 10.6 Å². The first kappa shape index (κ1) is 13.9. The van der Waals surface area contributed by atoms with E-state index in [1.165, 1.54) is 6.92 Å². The smallest absolute Gasteiger partial charge is 0.329 e. The molecular weight excluding hydrogens is 196 g/mol. The summed E-state index contributed by atoms with van der Waals surface area (Å²) in [6.45, 7) is 5.09. The molecule has 0 saturated carbocycles. The van der Waals surface area contributed by atoms with Crippen molar-refractivity contribution in [2.24, 2.45) is 0 Å². The molecule has 0 fully saturated rings. The number of carboxylic acids is 1. The fraction of sp³-hybridized carbons (Fsp3) is 0.800. The normalized spacial score (nSPS) is 16.5. The summed E-state index contributed by atoms with van der Waals surface area (Å²) in [5.74, 6) is -1.29. The van der Waals surface area contributed by atoms with Crippen LogP contribution in [-0.4, -0.2) is 35.6 Å². The van der Waals surface area contributed by atoms with Gasteiger partial charge in [0.2, 0.25) is 5.91 Å². The van der Waals surface area contributed by atoms with Crippen LogP contribution in [-0.2, 0) is 9.59 Å². The summed E-state index contributed by atoms with van der Waals surface area (Å²) < 4.78 is 0. The third-order valence-electron chi connectivity index (χ3n) is 2.45. The van der Waals surface area contributed by atoms with Crippen LogP contribution in [0.25, 0.3) is 0 Å². The number of aliphatic carboxylic acids is 1. The maximum Gasteiger partial charge on any atom is 0.329 e. The highest BCUT2D eigenvalue weighted by Gasteiger charge is 2.34. The molecule has 88 valence electrons. The van der Waals surface area contributed by atoms with Gasteiger partial charge in [0.15, 0.2) is 0 Å². The fourth-order valence-corrected chi connectivity index (χ4v) is 1.23. The topological polar surface area (TPSA) is 78.4 Å². The molecule has 0 aliphatic carbocycles. The minimum absolute atomic E-state index is 0.296. The van der Waals surface area contributed by atoms with Crippen molar-refractivity contribution < 1.29 is 14.7 Å². The lowest BCUT2D eigenvalue weighted by Crippen LogP contribution is -2.56. The summed E-state index contributed by atoms with van der Waals surface area (Å²) in [4.78, 5) is 22.6. The molecule has 0 aliphatic heterocycles. The zero-order valence-corrected chi connectivity index (χ0v) is 9.76. The average Bonchev–Trinajstić information content (AvgIpc) is 2.16. The second kappa shape index (κ2) is 5.70. The van der Waals surface area contributed by atoms with Crippen LogP contribution in [0.3, 0.4) is 0 Å². The predicted octanol–water partition coefficient (Wildman–Crippen LogP) is 0.354. The van der Waals surface area contributed by atoms with E-state index in [1.807, 2.05) is 6.92 Å². The van der Waals surface area contributed by atoms with Gasteiger partial charge in [0.1, 0.15) is 5.54 Å². The van der Waals surface area contributed by atoms with Crippen molar-refractivity contribution in [3.05, 3.63) is 0 Å². The number of rotatable bonds is 6. The van der Waals surface area contributed by atoms with Gasteiger partial charge in [0.05, 0.1) is 6.04 Å². The largest absolute Gasteiger partial charge is 0.480 e. The standard InChI is InChI=1S/C10H20N2O3/c1-5-6-10(3,9(14)15)12-8(13)7(2)11-4/h7,11H,5-6H2,1-4H3,(H,12,13)(H,14,15). The Kier molecular flexibility index (Phi) is 5.28. The third kappa shape index (κ3) is 3.87. The molecule has 0 radical (unpaired) electrons. The van der Waals surface area contributed by atoms with Crippen LogP contribution in [0.4, 0.5) is 0 Å². The molecule has 2 atom stereocenters. The zero-order valence-electron chi connectivity index (χ0n) is 9.76. The van der Waals surface area contributed by atoms with E-state index in [2.05, 4.69) is 10.6 Å². The fourth-order valence-electron chi connectivity index (χ4n) is 1.23. The van der Waals surface area contributed by atoms with Gasteiger partial charge in [-0.15, -0.1) is 0 Å². The van der Waals surface area contributed by atoms with Gasteiger partial charge in [-0.25, -0.2) is 4.79 Å². The Morgan fingerprint density at radius 2 is 2.00 bits per heavy atom. The van der Waals surface area contributed by atoms with E-state index in [0.29, 0.717) is 12.8 Å². The van der Waals surface area contributed by atoms with E-state index < -0.39 is 11.5 Å². The minimum atomic E-state index is -1.17. The number of hydrogen-bond acceptors (Lipinski definition) is 3. The van der Waals surface area contributed by atoms with E-state index in [0.717, 1.165) is 0 Å². The number of carbonyl (C=O) groups is 2. The number of nitrogens with one attached hydrogen (secondary N) is 2. The number of amides is 1. The SMILES string of the molecule is CCCC(C)(NC(=O)C(C)NC)C(=O)O. The van der Waals surface area contributed by atoms with Crippen LogP contribution in [0.1, 0.15) is 33.6 Å². The van der Waals surface area contributed by atoms with Crippen LogP contribution in [0.15, 0.2) is 0 Å². The Balaban J connectivity index is 4.55. The van der Waals surface area contributed by atoms with Crippen molar-refractivity contribution in [2.45, 2.75) is 45.2 Å². The van der Waals surface area contributed by atoms with Crippen LogP contribution in [0, 0.1) is 0 Å². The average molecular weight is 216 g/mol. The van der Waals surface area contributed by atoms with Crippen molar-refractivity contribution in [2.75, 3.05) is 7.05 Å². The monoisotopic (exact) mass is 216 g/mol. The maximum atomic E-state index is 11.5. The third-order valence-corrected chi connectivity index (χ3v) is 2.45. The highest BCUT2D eigenvalue weighted by atomic mass is 16.4. The summed E-state index contributed by atoms with van der Waals surface area (Å²) in [7, 11) is 1.65. The minimum Gasteiger partial charge on any atom is -0.480 e. The van der Waals surface area contributed by atoms with Gasteiger partial charge in [-0.2, -0.15) is 0 Å². The molecule has 0 spiro atoms. The van der Waals surface area contributed by atoms with Gasteiger partial charge in [-0.3, -0.25) is 4.79 Å². The number of hydrogen-bond donors (Lipinski definition) is 3. The second-order valence-electron chi connectivity index (χ2n) is 3.89. The first-order valence-electron chi connectivity index (χ1n) is 5.10. The number of carbonyl (C=O) groups excluding carboxylic acids is 1. The van der Waals surface area contributed by atoms with Crippen molar-refractivity contribution >= 4 is 11.9 Å². The molecule has 5 nitrogen and oxygen atoms in total. The molecule has 0 aromatic carbocycles. The highest BCUT2D eigenvalue weighted by Crippen LogP contribution is 2.12. The van der Waals surface area contributed by atoms with E-state index in [1.54, 1.807) is 14.0 Å². The van der Waals surface area contributed by atoms with Gasteiger partial charge in [0.25, 0.3) is 0 Å². The molecule has 2 unspecified atom stereocenters. The molecule has 0 aliphatic rings. The first-order chi connectivity index (χ1) is 6.87. The van der Waals surface area contributed by atoms with E-state index in [-0.39, 0.29) is 11.9 Å². The Bertz CT molecular complexity index is 243. The maximum absolute atomic E-state index is 11.5. The highest BCUT2D eigenvalue weighted by molar-refractivity contribution is 5.89. The van der Waals surface area contributed by atoms with Crippen LogP contribution in [0.2, 0.25) is 0 Å². The summed E-state index contributed by atoms with van der Waals surface area (Å²) in [6.07, 6.45) is 1.13. The Hall–Kier alpha value is -1.10. The lowest BCUT2D eigenvalue weighted by molar-refractivity contribution is -0.147. The predicted molar refractivity (Wildman–Crippen MR) is 57.6 cm³/mol. The number of carboxylic acid groups (broad SMARTS) is 1. The van der Waals surface area contributed by atoms with Gasteiger partial charge in [0, 0.05) is 0 Å². The lowest BCUT2D eigenvalue weighted by atomic mass is 9.96. The summed E-state index contributed by atoms with van der Waals surface area (Å²) in [6, 6.07) is -0.388. The van der Waals surface area contributed by atoms with Crippen LogP contribution in [0.5, 0.6) is 0 Å². The molecule has 5 heteroatoms. The molecule has 3 N–H and O–H groups in total. The molecule has 15 heavy (non-hydrogen) atoms. The Morgan fingerprint density at radius 3 is 2.33 bits per heavy atom. The second-order valence-corrected chi connectivity index (χ2v) is 3.89. The van der Waals surface area contributed by atoms with E-state index in [9.17, 15) is 9.59 Å². The Labute approximate surface area is 90.2 Å². The first-order valence-corrected chi connectivity index (χ1v) is 5.10. The van der Waals surface area contributed by atoms with Crippen molar-refractivity contribution in [1.29, 1.82) is 0 Å². The molecule has 0 aromatic heterocycles. The molecule has 0 aromatic rings. The molecule has 0 bridgehead atoms. The summed E-state index contributed by atoms with van der Waals surface area (Å²) in [5, 5.41) is 14.3. The number of likely N-dealkylation sites (N-methyl/N-ethyl adjacent to an activating group) is 1. The van der Waals surface area contributed by atoms with E-state index >= 15 is 0 Å². The van der Waals surface area contributed by atoms with Crippen molar-refractivity contribution in [3.8, 4) is 0 Å². The summed E-state index contributed by atoms with van der Waals surface area (Å²) in [5.41, 5.74) is -1.17. The van der Waals surface area contributed by atoms with Gasteiger partial charge in [-0.1, -0.05) is 13.3 Å². The van der Waals surface area contributed by atoms with Gasteiger partial charge >= 0.3 is 5.97 Å². The molecule has 1 amide bonds. The van der Waals surface area contributed by atoms with E-state index in [4.69, 9.17) is 5.11 Å². The van der Waals surface area contributed by atoms with Crippen molar-refractivity contribution in [3.63, 3.8) is 0 Å². The quantitative estimate of drug-likeness (QED) is 0.599. The zero-order chi connectivity index (χ0) is 12.1. The van der Waals surface area contributed by atoms with Crippen LogP contribution >= 0.6 is 0 Å². The molecule has 0 heterocycles. The molecule has 0 rings (SSSR count). The van der Waals surface area contributed by atoms with Gasteiger partial charge < -0.3 is 15.7 Å². The summed E-state index contributed by atoms with van der Waals surface area (Å²) >= 11 is 0. The van der Waals surface area contributed by atoms with Crippen LogP contribution < -0.4 is 10.6 Å². The van der Waals surface area contributed by atoms with Gasteiger partial charge in [-0.05, 0) is 27.3 Å². The molecular formula is C10H20N2O3. The molecule has 0 saturated heterocycles. The lowest BCUT2D eigenvalue weighted by Gasteiger charge is -2.27. The Morgan fingerprint density at radius 1 is 1.47 bits per heavy atom.